The third-order valence-corrected chi connectivity index (χ3v) is 5.51. The first-order valence-corrected chi connectivity index (χ1v) is 7.35. The molecule has 94 valence electrons. The quantitative estimate of drug-likeness (QED) is 0.739. The van der Waals surface area contributed by atoms with Gasteiger partial charge in [-0.05, 0) is 38.6 Å². The van der Waals surface area contributed by atoms with Crippen molar-refractivity contribution in [1.29, 1.82) is 0 Å². The van der Waals surface area contributed by atoms with Crippen LogP contribution in [0.5, 0.6) is 0 Å². The van der Waals surface area contributed by atoms with E-state index in [4.69, 9.17) is 4.74 Å². The van der Waals surface area contributed by atoms with Crippen LogP contribution in [0, 0.1) is 5.92 Å². The molecule has 0 aromatic heterocycles. The van der Waals surface area contributed by atoms with Crippen LogP contribution in [0.15, 0.2) is 0 Å². The van der Waals surface area contributed by atoms with Crippen molar-refractivity contribution in [3.8, 4) is 0 Å². The lowest BCUT2D eigenvalue weighted by molar-refractivity contribution is 0.0997. The molecule has 16 heavy (non-hydrogen) atoms. The van der Waals surface area contributed by atoms with Gasteiger partial charge in [-0.3, -0.25) is 0 Å². The fourth-order valence-electron chi connectivity index (χ4n) is 2.39. The second-order valence-electron chi connectivity index (χ2n) is 4.96. The Morgan fingerprint density at radius 2 is 2.00 bits per heavy atom. The van der Waals surface area contributed by atoms with Gasteiger partial charge in [-0.1, -0.05) is 0 Å². The molecule has 4 heteroatoms. The van der Waals surface area contributed by atoms with E-state index >= 15 is 0 Å². The van der Waals surface area contributed by atoms with E-state index in [1.54, 1.807) is 0 Å². The predicted octanol–water partition coefficient (Wildman–Crippen LogP) is 1.26. The van der Waals surface area contributed by atoms with Gasteiger partial charge in [-0.2, -0.15) is 11.8 Å². The summed E-state index contributed by atoms with van der Waals surface area (Å²) in [6.07, 6.45) is 4.88. The summed E-state index contributed by atoms with van der Waals surface area (Å²) >= 11 is 2.02. The van der Waals surface area contributed by atoms with Crippen molar-refractivity contribution in [1.82, 2.24) is 5.32 Å². The van der Waals surface area contributed by atoms with Gasteiger partial charge in [0.05, 0.1) is 12.1 Å². The molecule has 0 spiro atoms. The van der Waals surface area contributed by atoms with Crippen LogP contribution in [0.4, 0.5) is 0 Å². The molecule has 2 fully saturated rings. The zero-order chi connectivity index (χ0) is 11.4. The Hall–Kier alpha value is 0.230. The highest BCUT2D eigenvalue weighted by atomic mass is 32.2. The van der Waals surface area contributed by atoms with E-state index in [9.17, 15) is 5.11 Å². The fourth-order valence-corrected chi connectivity index (χ4v) is 3.92. The molecule has 0 aromatic carbocycles. The normalized spacial score (nSPS) is 26.6. The Kier molecular flexibility index (Phi) is 4.53. The Labute approximate surface area is 102 Å². The van der Waals surface area contributed by atoms with Gasteiger partial charge in [0.15, 0.2) is 0 Å². The topological polar surface area (TPSA) is 41.5 Å². The minimum atomic E-state index is -0.0248. The van der Waals surface area contributed by atoms with Crippen molar-refractivity contribution in [3.63, 3.8) is 0 Å². The molecule has 3 nitrogen and oxygen atoms in total. The maximum Gasteiger partial charge on any atom is 0.0624 e. The molecule has 0 bridgehead atoms. The molecule has 1 heterocycles. The molecule has 1 aliphatic heterocycles. The van der Waals surface area contributed by atoms with Gasteiger partial charge in [0.25, 0.3) is 0 Å². The summed E-state index contributed by atoms with van der Waals surface area (Å²) in [5.74, 6) is 1.73. The minimum absolute atomic E-state index is 0.0248. The molecule has 1 unspecified atom stereocenters. The van der Waals surface area contributed by atoms with Gasteiger partial charge >= 0.3 is 0 Å². The fraction of sp³-hybridized carbons (Fsp3) is 1.00. The van der Waals surface area contributed by atoms with E-state index < -0.39 is 0 Å². The van der Waals surface area contributed by atoms with Crippen molar-refractivity contribution in [2.75, 3.05) is 32.6 Å². The van der Waals surface area contributed by atoms with Gasteiger partial charge in [0, 0.05) is 24.2 Å². The number of nitrogens with one attached hydrogen (secondary N) is 1. The van der Waals surface area contributed by atoms with Gasteiger partial charge in [-0.25, -0.2) is 0 Å². The van der Waals surface area contributed by atoms with Crippen LogP contribution < -0.4 is 5.32 Å². The smallest absolute Gasteiger partial charge is 0.0624 e. The second-order valence-corrected chi connectivity index (χ2v) is 6.25. The summed E-state index contributed by atoms with van der Waals surface area (Å²) in [4.78, 5) is 0. The number of aliphatic hydroxyl groups is 1. The SMILES string of the molecule is CNC(CO)(CSC1CCOCC1)C1CC1. The maximum absolute atomic E-state index is 9.62. The maximum atomic E-state index is 9.62. The molecule has 1 aliphatic carbocycles. The number of rotatable bonds is 6. The summed E-state index contributed by atoms with van der Waals surface area (Å²) in [7, 11) is 1.99. The molecule has 1 atom stereocenters. The van der Waals surface area contributed by atoms with E-state index in [0.717, 1.165) is 24.2 Å². The standard InChI is InChI=1S/C12H23NO2S/c1-13-12(8-14,10-2-3-10)9-16-11-4-6-15-7-5-11/h10-11,13-14H,2-9H2,1H3. The largest absolute Gasteiger partial charge is 0.394 e. The van der Waals surface area contributed by atoms with Gasteiger partial charge in [-0.15, -0.1) is 0 Å². The first-order valence-electron chi connectivity index (χ1n) is 6.30. The van der Waals surface area contributed by atoms with Crippen molar-refractivity contribution in [2.45, 2.75) is 36.5 Å². The summed E-state index contributed by atoms with van der Waals surface area (Å²) in [6.45, 7) is 2.09. The third-order valence-electron chi connectivity index (χ3n) is 3.88. The van der Waals surface area contributed by atoms with Crippen LogP contribution in [0.2, 0.25) is 0 Å². The van der Waals surface area contributed by atoms with Crippen LogP contribution in [0.3, 0.4) is 0 Å². The average Bonchev–Trinajstić information content (AvgIpc) is 3.17. The minimum Gasteiger partial charge on any atom is -0.394 e. The average molecular weight is 245 g/mol. The van der Waals surface area contributed by atoms with Crippen molar-refractivity contribution in [2.24, 2.45) is 5.92 Å². The van der Waals surface area contributed by atoms with Crippen LogP contribution >= 0.6 is 11.8 Å². The predicted molar refractivity (Wildman–Crippen MR) is 67.9 cm³/mol. The summed E-state index contributed by atoms with van der Waals surface area (Å²) in [6, 6.07) is 0. The monoisotopic (exact) mass is 245 g/mol. The Bertz CT molecular complexity index is 211. The first kappa shape index (κ1) is 12.7. The number of hydrogen-bond donors (Lipinski definition) is 2. The Balaban J connectivity index is 1.80. The highest BCUT2D eigenvalue weighted by Gasteiger charge is 2.43. The molecule has 1 saturated carbocycles. The second kappa shape index (κ2) is 5.71. The molecule has 2 N–H and O–H groups in total. The van der Waals surface area contributed by atoms with Crippen LogP contribution in [-0.2, 0) is 4.74 Å². The number of likely N-dealkylation sites (N-methyl/N-ethyl adjacent to an activating group) is 1. The van der Waals surface area contributed by atoms with Crippen molar-refractivity contribution in [3.05, 3.63) is 0 Å². The van der Waals surface area contributed by atoms with E-state index in [0.29, 0.717) is 5.92 Å². The number of thioether (sulfide) groups is 1. The van der Waals surface area contributed by atoms with Crippen molar-refractivity contribution >= 4 is 11.8 Å². The van der Waals surface area contributed by atoms with E-state index in [-0.39, 0.29) is 12.1 Å². The molecule has 1 saturated heterocycles. The van der Waals surface area contributed by atoms with Gasteiger partial charge < -0.3 is 15.2 Å². The number of ether oxygens (including phenoxy) is 1. The summed E-state index contributed by atoms with van der Waals surface area (Å²) in [5.41, 5.74) is -0.0248. The molecule has 2 aliphatic rings. The van der Waals surface area contributed by atoms with Crippen molar-refractivity contribution < 1.29 is 9.84 Å². The van der Waals surface area contributed by atoms with E-state index in [2.05, 4.69) is 5.32 Å². The first-order chi connectivity index (χ1) is 7.80. The van der Waals surface area contributed by atoms with Gasteiger partial charge in [0.1, 0.15) is 0 Å². The molecular formula is C12H23NO2S. The molecule has 0 radical (unpaired) electrons. The molecule has 0 amide bonds. The lowest BCUT2D eigenvalue weighted by Crippen LogP contribution is -2.51. The third kappa shape index (κ3) is 2.92. The lowest BCUT2D eigenvalue weighted by Gasteiger charge is -2.33. The number of aliphatic hydroxyl groups excluding tert-OH is 1. The zero-order valence-electron chi connectivity index (χ0n) is 10.1. The zero-order valence-corrected chi connectivity index (χ0v) is 10.9. The number of hydrogen-bond acceptors (Lipinski definition) is 4. The van der Waals surface area contributed by atoms with Crippen LogP contribution in [-0.4, -0.2) is 48.5 Å². The van der Waals surface area contributed by atoms with E-state index in [1.165, 1.54) is 25.7 Å². The molecule has 0 aromatic rings. The Morgan fingerprint density at radius 1 is 1.31 bits per heavy atom. The summed E-state index contributed by atoms with van der Waals surface area (Å²) in [5, 5.41) is 13.7. The summed E-state index contributed by atoms with van der Waals surface area (Å²) < 4.78 is 5.37. The van der Waals surface area contributed by atoms with E-state index in [1.807, 2.05) is 18.8 Å². The highest BCUT2D eigenvalue weighted by molar-refractivity contribution is 8.00. The Morgan fingerprint density at radius 3 is 2.50 bits per heavy atom. The highest BCUT2D eigenvalue weighted by Crippen LogP contribution is 2.42. The van der Waals surface area contributed by atoms with Crippen LogP contribution in [0.25, 0.3) is 0 Å². The molecular weight excluding hydrogens is 222 g/mol. The van der Waals surface area contributed by atoms with Crippen LogP contribution in [0.1, 0.15) is 25.7 Å². The lowest BCUT2D eigenvalue weighted by atomic mass is 9.97. The van der Waals surface area contributed by atoms with Gasteiger partial charge in [0.2, 0.25) is 0 Å². The molecule has 2 rings (SSSR count).